The Morgan fingerprint density at radius 3 is 2.73 bits per heavy atom. The SMILES string of the molecule is CC[C@H]([NH2+]Cc1nc2c(oc3ccccc32)c(=O)[nH]1)c1ccc(Br)cc1. The second kappa shape index (κ2) is 7.05. The molecule has 132 valence electrons. The van der Waals surface area contributed by atoms with Crippen molar-refractivity contribution in [3.8, 4) is 0 Å². The van der Waals surface area contributed by atoms with E-state index in [2.05, 4.69) is 62.4 Å². The molecule has 0 unspecified atom stereocenters. The van der Waals surface area contributed by atoms with Gasteiger partial charge < -0.3 is 14.7 Å². The van der Waals surface area contributed by atoms with E-state index in [1.54, 1.807) is 0 Å². The number of hydrogen-bond acceptors (Lipinski definition) is 3. The molecule has 26 heavy (non-hydrogen) atoms. The highest BCUT2D eigenvalue weighted by Gasteiger charge is 2.16. The van der Waals surface area contributed by atoms with E-state index < -0.39 is 0 Å². The maximum Gasteiger partial charge on any atom is 0.294 e. The number of fused-ring (bicyclic) bond motifs is 3. The summed E-state index contributed by atoms with van der Waals surface area (Å²) in [5.74, 6) is 0.657. The van der Waals surface area contributed by atoms with Crippen LogP contribution in [-0.2, 0) is 6.54 Å². The van der Waals surface area contributed by atoms with Gasteiger partial charge in [-0.2, -0.15) is 0 Å². The average Bonchev–Trinajstić information content (AvgIpc) is 3.03. The molecule has 0 amide bonds. The van der Waals surface area contributed by atoms with Crippen molar-refractivity contribution in [2.45, 2.75) is 25.9 Å². The topological polar surface area (TPSA) is 75.5 Å². The van der Waals surface area contributed by atoms with Gasteiger partial charge in [-0.05, 0) is 24.3 Å². The largest absolute Gasteiger partial charge is 0.449 e. The van der Waals surface area contributed by atoms with Crippen LogP contribution >= 0.6 is 15.9 Å². The maximum atomic E-state index is 12.4. The lowest BCUT2D eigenvalue weighted by molar-refractivity contribution is -0.712. The highest BCUT2D eigenvalue weighted by Crippen LogP contribution is 2.24. The molecule has 4 rings (SSSR count). The molecule has 3 N–H and O–H groups in total. The number of para-hydroxylation sites is 1. The number of nitrogens with one attached hydrogen (secondary N) is 1. The van der Waals surface area contributed by atoms with Crippen molar-refractivity contribution in [1.29, 1.82) is 0 Å². The van der Waals surface area contributed by atoms with E-state index in [0.717, 1.165) is 16.3 Å². The summed E-state index contributed by atoms with van der Waals surface area (Å²) in [6.07, 6.45) is 0.989. The Balaban J connectivity index is 1.63. The number of nitrogens with two attached hydrogens (primary N) is 1. The lowest BCUT2D eigenvalue weighted by Gasteiger charge is -2.14. The van der Waals surface area contributed by atoms with Crippen LogP contribution in [0, 0.1) is 0 Å². The fourth-order valence-corrected chi connectivity index (χ4v) is 3.51. The summed E-state index contributed by atoms with van der Waals surface area (Å²) >= 11 is 3.47. The molecule has 0 bridgehead atoms. The summed E-state index contributed by atoms with van der Waals surface area (Å²) < 4.78 is 6.71. The fraction of sp³-hybridized carbons (Fsp3) is 0.200. The van der Waals surface area contributed by atoms with Gasteiger partial charge in [0.25, 0.3) is 5.56 Å². The lowest BCUT2D eigenvalue weighted by Crippen LogP contribution is -2.83. The lowest BCUT2D eigenvalue weighted by atomic mass is 10.0. The molecule has 0 aliphatic heterocycles. The van der Waals surface area contributed by atoms with E-state index >= 15 is 0 Å². The first-order valence-corrected chi connectivity index (χ1v) is 9.44. The molecule has 0 radical (unpaired) electrons. The molecular weight excluding hydrogens is 394 g/mol. The van der Waals surface area contributed by atoms with E-state index in [0.29, 0.717) is 29.5 Å². The van der Waals surface area contributed by atoms with Gasteiger partial charge in [0.1, 0.15) is 23.7 Å². The molecule has 2 aromatic carbocycles. The first kappa shape index (κ1) is 17.0. The Hall–Kier alpha value is -2.44. The number of nitrogens with zero attached hydrogens (tertiary/aromatic N) is 1. The maximum absolute atomic E-state index is 12.4. The molecule has 0 saturated heterocycles. The molecule has 5 nitrogen and oxygen atoms in total. The minimum absolute atomic E-state index is 0.230. The molecule has 0 fully saturated rings. The van der Waals surface area contributed by atoms with Gasteiger partial charge in [0.15, 0.2) is 5.82 Å². The van der Waals surface area contributed by atoms with Crippen molar-refractivity contribution < 1.29 is 9.73 Å². The van der Waals surface area contributed by atoms with Crippen LogP contribution in [0.15, 0.2) is 62.2 Å². The number of hydrogen-bond donors (Lipinski definition) is 2. The normalized spacial score (nSPS) is 12.7. The molecule has 1 atom stereocenters. The Kier molecular flexibility index (Phi) is 4.61. The van der Waals surface area contributed by atoms with Gasteiger partial charge >= 0.3 is 0 Å². The van der Waals surface area contributed by atoms with Crippen molar-refractivity contribution in [1.82, 2.24) is 9.97 Å². The van der Waals surface area contributed by atoms with Crippen LogP contribution in [0.1, 0.15) is 30.8 Å². The van der Waals surface area contributed by atoms with Gasteiger partial charge in [-0.25, -0.2) is 4.98 Å². The quantitative estimate of drug-likeness (QED) is 0.525. The van der Waals surface area contributed by atoms with Crippen LogP contribution in [-0.4, -0.2) is 9.97 Å². The number of quaternary nitrogens is 1. The molecule has 2 heterocycles. The Morgan fingerprint density at radius 2 is 1.96 bits per heavy atom. The van der Waals surface area contributed by atoms with Gasteiger partial charge in [-0.15, -0.1) is 0 Å². The zero-order valence-corrected chi connectivity index (χ0v) is 15.9. The predicted molar refractivity (Wildman–Crippen MR) is 105 cm³/mol. The van der Waals surface area contributed by atoms with Crippen molar-refractivity contribution in [3.05, 3.63) is 74.7 Å². The molecule has 2 aromatic heterocycles. The average molecular weight is 413 g/mol. The molecular formula is C20H19BrN3O2+. The highest BCUT2D eigenvalue weighted by molar-refractivity contribution is 9.10. The zero-order valence-electron chi connectivity index (χ0n) is 14.3. The minimum atomic E-state index is -0.230. The minimum Gasteiger partial charge on any atom is -0.449 e. The summed E-state index contributed by atoms with van der Waals surface area (Å²) in [5.41, 5.74) is 2.63. The third-order valence-electron chi connectivity index (χ3n) is 4.61. The molecule has 0 saturated carbocycles. The molecule has 4 aromatic rings. The van der Waals surface area contributed by atoms with Crippen LogP contribution in [0.25, 0.3) is 22.1 Å². The van der Waals surface area contributed by atoms with Gasteiger partial charge in [0.2, 0.25) is 5.58 Å². The van der Waals surface area contributed by atoms with Gasteiger partial charge in [0.05, 0.1) is 0 Å². The smallest absolute Gasteiger partial charge is 0.294 e. The molecule has 0 spiro atoms. The summed E-state index contributed by atoms with van der Waals surface area (Å²) in [6.45, 7) is 2.76. The van der Waals surface area contributed by atoms with Crippen molar-refractivity contribution in [2.24, 2.45) is 0 Å². The van der Waals surface area contributed by atoms with Crippen LogP contribution in [0.3, 0.4) is 0 Å². The van der Waals surface area contributed by atoms with Crippen LogP contribution < -0.4 is 10.9 Å². The fourth-order valence-electron chi connectivity index (χ4n) is 3.25. The van der Waals surface area contributed by atoms with Crippen molar-refractivity contribution >= 4 is 38.0 Å². The van der Waals surface area contributed by atoms with Gasteiger partial charge in [0, 0.05) is 21.8 Å². The van der Waals surface area contributed by atoms with E-state index in [9.17, 15) is 4.79 Å². The summed E-state index contributed by atoms with van der Waals surface area (Å²) in [5, 5.41) is 3.07. The first-order valence-electron chi connectivity index (χ1n) is 8.65. The van der Waals surface area contributed by atoms with Gasteiger partial charge in [-0.1, -0.05) is 47.1 Å². The Bertz CT molecular complexity index is 1120. The zero-order chi connectivity index (χ0) is 18.1. The highest BCUT2D eigenvalue weighted by atomic mass is 79.9. The second-order valence-electron chi connectivity index (χ2n) is 6.29. The third-order valence-corrected chi connectivity index (χ3v) is 5.14. The van der Waals surface area contributed by atoms with Crippen molar-refractivity contribution in [2.75, 3.05) is 0 Å². The first-order chi connectivity index (χ1) is 12.7. The van der Waals surface area contributed by atoms with E-state index in [-0.39, 0.29) is 11.1 Å². The van der Waals surface area contributed by atoms with E-state index in [1.165, 1.54) is 5.56 Å². The standard InChI is InChI=1S/C20H18BrN3O2/c1-2-15(12-7-9-13(21)10-8-12)22-11-17-23-18-14-5-3-4-6-16(14)26-19(18)20(25)24-17/h3-10,15,22H,2,11H2,1H3,(H,23,24,25)/p+1/t15-/m0/s1. The number of aromatic nitrogens is 2. The summed E-state index contributed by atoms with van der Waals surface area (Å²) in [4.78, 5) is 19.9. The van der Waals surface area contributed by atoms with Crippen molar-refractivity contribution in [3.63, 3.8) is 0 Å². The van der Waals surface area contributed by atoms with E-state index in [1.807, 2.05) is 24.3 Å². The molecule has 0 aliphatic rings. The molecule has 6 heteroatoms. The number of H-pyrrole nitrogens is 1. The second-order valence-corrected chi connectivity index (χ2v) is 7.21. The van der Waals surface area contributed by atoms with Gasteiger partial charge in [-0.3, -0.25) is 4.79 Å². The molecule has 0 aliphatic carbocycles. The van der Waals surface area contributed by atoms with Crippen LogP contribution in [0.4, 0.5) is 0 Å². The van der Waals surface area contributed by atoms with E-state index in [4.69, 9.17) is 4.42 Å². The van der Waals surface area contributed by atoms with Crippen LogP contribution in [0.5, 0.6) is 0 Å². The third kappa shape index (κ3) is 3.18. The van der Waals surface area contributed by atoms with Crippen LogP contribution in [0.2, 0.25) is 0 Å². The summed E-state index contributed by atoms with van der Waals surface area (Å²) in [7, 11) is 0. The number of benzene rings is 2. The Labute approximate surface area is 158 Å². The number of halogens is 1. The Morgan fingerprint density at radius 1 is 1.19 bits per heavy atom. The predicted octanol–water partition coefficient (Wildman–Crippen LogP) is 3.65. The number of aromatic amines is 1. The summed E-state index contributed by atoms with van der Waals surface area (Å²) in [6, 6.07) is 16.2. The monoisotopic (exact) mass is 412 g/mol. The number of furan rings is 1. The number of rotatable bonds is 5.